The van der Waals surface area contributed by atoms with E-state index in [1.165, 1.54) is 11.8 Å². The van der Waals surface area contributed by atoms with Crippen molar-refractivity contribution in [2.24, 2.45) is 11.1 Å². The number of hydrogen-bond donors (Lipinski definition) is 2. The summed E-state index contributed by atoms with van der Waals surface area (Å²) in [5, 5.41) is 0.550. The second-order valence-electron chi connectivity index (χ2n) is 8.08. The minimum atomic E-state index is 0.0811. The van der Waals surface area contributed by atoms with E-state index in [1.807, 2.05) is 16.8 Å². The lowest BCUT2D eigenvalue weighted by molar-refractivity contribution is 0.0973. The number of nitrogens with two attached hydrogens (primary N) is 2. The number of rotatable bonds is 3. The third-order valence-corrected chi connectivity index (χ3v) is 7.80. The van der Waals surface area contributed by atoms with Gasteiger partial charge in [0.2, 0.25) is 5.95 Å². The minimum Gasteiger partial charge on any atom is -0.384 e. The van der Waals surface area contributed by atoms with E-state index in [-0.39, 0.29) is 17.6 Å². The molecule has 5 heterocycles. The number of ether oxygens (including phenoxy) is 1. The Bertz CT molecular complexity index is 1080. The zero-order chi connectivity index (χ0) is 20.9. The second kappa shape index (κ2) is 7.56. The fraction of sp³-hybridized carbons (Fsp3) is 0.450. The van der Waals surface area contributed by atoms with Gasteiger partial charge in [-0.1, -0.05) is 23.4 Å². The predicted molar refractivity (Wildman–Crippen MR) is 118 cm³/mol. The van der Waals surface area contributed by atoms with Gasteiger partial charge in [-0.25, -0.2) is 15.0 Å². The Kier molecular flexibility index (Phi) is 5.01. The van der Waals surface area contributed by atoms with Gasteiger partial charge >= 0.3 is 0 Å². The number of hydrogen-bond acceptors (Lipinski definition) is 8. The standard InChI is InChI=1S/C20H24ClN7OS/c1-12-17(23)20(11-29-12)2-5-27(6-3-20)19-26-10-15(18-24-4-7-28(18)19)30-14-8-16(22)25-9-13(14)21/h4,7-10,12,17H,2-3,5-6,11,23H2,1H3,(H2,22,25)/t12-,17?/m0/s1. The molecule has 0 radical (unpaired) electrons. The summed E-state index contributed by atoms with van der Waals surface area (Å²) in [5.41, 5.74) is 13.2. The smallest absolute Gasteiger partial charge is 0.211 e. The molecule has 2 saturated heterocycles. The van der Waals surface area contributed by atoms with E-state index >= 15 is 0 Å². The van der Waals surface area contributed by atoms with Gasteiger partial charge in [-0.3, -0.25) is 4.40 Å². The van der Waals surface area contributed by atoms with Crippen LogP contribution in [0.25, 0.3) is 5.65 Å². The van der Waals surface area contributed by atoms with E-state index in [0.717, 1.165) is 53.9 Å². The molecule has 158 valence electrons. The lowest BCUT2D eigenvalue weighted by Gasteiger charge is -2.41. The molecule has 3 aromatic heterocycles. The molecule has 1 unspecified atom stereocenters. The SMILES string of the molecule is C[C@@H]1OCC2(CCN(c3ncc(Sc4cc(N)ncc4Cl)c4nccn34)CC2)C1N. The third-order valence-electron chi connectivity index (χ3n) is 6.32. The molecule has 2 fully saturated rings. The summed E-state index contributed by atoms with van der Waals surface area (Å²) >= 11 is 7.77. The van der Waals surface area contributed by atoms with Crippen molar-refractivity contribution in [1.29, 1.82) is 0 Å². The number of aromatic nitrogens is 4. The van der Waals surface area contributed by atoms with Gasteiger partial charge in [-0.2, -0.15) is 0 Å². The summed E-state index contributed by atoms with van der Waals surface area (Å²) in [5.74, 6) is 1.32. The molecule has 4 N–H and O–H groups in total. The molecule has 2 atom stereocenters. The van der Waals surface area contributed by atoms with Crippen LogP contribution in [0.5, 0.6) is 0 Å². The highest BCUT2D eigenvalue weighted by atomic mass is 35.5. The van der Waals surface area contributed by atoms with Crippen molar-refractivity contribution in [3.63, 3.8) is 0 Å². The highest BCUT2D eigenvalue weighted by Crippen LogP contribution is 2.42. The molecule has 3 aromatic rings. The average Bonchev–Trinajstić information content (AvgIpc) is 3.34. The van der Waals surface area contributed by atoms with Crippen LogP contribution in [0, 0.1) is 5.41 Å². The maximum Gasteiger partial charge on any atom is 0.211 e. The van der Waals surface area contributed by atoms with Crippen LogP contribution in [-0.4, -0.2) is 51.2 Å². The number of fused-ring (bicyclic) bond motifs is 1. The molecule has 2 aliphatic rings. The molecule has 10 heteroatoms. The lowest BCUT2D eigenvalue weighted by atomic mass is 9.73. The van der Waals surface area contributed by atoms with Gasteiger partial charge in [-0.05, 0) is 25.8 Å². The van der Waals surface area contributed by atoms with E-state index in [1.54, 1.807) is 18.5 Å². The zero-order valence-electron chi connectivity index (χ0n) is 16.7. The van der Waals surface area contributed by atoms with Crippen LogP contribution >= 0.6 is 23.4 Å². The van der Waals surface area contributed by atoms with Crippen LogP contribution in [0.2, 0.25) is 5.02 Å². The van der Waals surface area contributed by atoms with E-state index in [9.17, 15) is 0 Å². The van der Waals surface area contributed by atoms with Gasteiger partial charge in [-0.15, -0.1) is 0 Å². The second-order valence-corrected chi connectivity index (χ2v) is 9.57. The largest absolute Gasteiger partial charge is 0.384 e. The van der Waals surface area contributed by atoms with Gasteiger partial charge in [0.15, 0.2) is 5.65 Å². The quantitative estimate of drug-likeness (QED) is 0.633. The highest BCUT2D eigenvalue weighted by molar-refractivity contribution is 7.99. The van der Waals surface area contributed by atoms with Crippen LogP contribution in [0.4, 0.5) is 11.8 Å². The molecule has 1 spiro atoms. The van der Waals surface area contributed by atoms with Crippen molar-refractivity contribution in [2.45, 2.75) is 41.7 Å². The highest BCUT2D eigenvalue weighted by Gasteiger charge is 2.47. The molecule has 0 aliphatic carbocycles. The Morgan fingerprint density at radius 2 is 2.00 bits per heavy atom. The normalized spacial score (nSPS) is 23.5. The first-order valence-corrected chi connectivity index (χ1v) is 11.2. The van der Waals surface area contributed by atoms with Gasteiger partial charge in [0, 0.05) is 54.2 Å². The Labute approximate surface area is 184 Å². The van der Waals surface area contributed by atoms with E-state index < -0.39 is 0 Å². The Morgan fingerprint density at radius 1 is 1.20 bits per heavy atom. The van der Waals surface area contributed by atoms with Crippen molar-refractivity contribution < 1.29 is 4.74 Å². The first-order valence-electron chi connectivity index (χ1n) is 10.00. The molecule has 0 saturated carbocycles. The van der Waals surface area contributed by atoms with Crippen molar-refractivity contribution in [3.05, 3.63) is 35.9 Å². The molecule has 30 heavy (non-hydrogen) atoms. The minimum absolute atomic E-state index is 0.0811. The van der Waals surface area contributed by atoms with Crippen molar-refractivity contribution >= 4 is 40.8 Å². The Morgan fingerprint density at radius 3 is 2.73 bits per heavy atom. The maximum absolute atomic E-state index is 6.46. The molecular formula is C20H24ClN7OS. The molecule has 0 bridgehead atoms. The lowest BCUT2D eigenvalue weighted by Crippen LogP contribution is -2.51. The summed E-state index contributed by atoms with van der Waals surface area (Å²) in [6.45, 7) is 4.61. The van der Waals surface area contributed by atoms with E-state index in [4.69, 9.17) is 32.8 Å². The fourth-order valence-electron chi connectivity index (χ4n) is 4.45. The maximum atomic E-state index is 6.46. The topological polar surface area (TPSA) is 108 Å². The number of nitrogens with zero attached hydrogens (tertiary/aromatic N) is 5. The van der Waals surface area contributed by atoms with Gasteiger partial charge in [0.05, 0.1) is 22.6 Å². The first kappa shape index (κ1) is 19.9. The summed E-state index contributed by atoms with van der Waals surface area (Å²) in [6.07, 6.45) is 9.28. The van der Waals surface area contributed by atoms with Crippen LogP contribution in [-0.2, 0) is 4.74 Å². The van der Waals surface area contributed by atoms with Crippen molar-refractivity contribution in [2.75, 3.05) is 30.3 Å². The molecule has 0 amide bonds. The average molecular weight is 446 g/mol. The van der Waals surface area contributed by atoms with E-state index in [2.05, 4.69) is 21.8 Å². The third kappa shape index (κ3) is 3.30. The van der Waals surface area contributed by atoms with Crippen LogP contribution in [0.3, 0.4) is 0 Å². The number of anilines is 2. The Balaban J connectivity index is 1.40. The number of pyridine rings is 1. The Hall–Kier alpha value is -2.07. The van der Waals surface area contributed by atoms with Crippen LogP contribution < -0.4 is 16.4 Å². The zero-order valence-corrected chi connectivity index (χ0v) is 18.2. The van der Waals surface area contributed by atoms with Gasteiger partial charge < -0.3 is 21.1 Å². The first-order chi connectivity index (χ1) is 14.5. The molecular weight excluding hydrogens is 422 g/mol. The monoisotopic (exact) mass is 445 g/mol. The van der Waals surface area contributed by atoms with Crippen LogP contribution in [0.1, 0.15) is 19.8 Å². The van der Waals surface area contributed by atoms with Crippen molar-refractivity contribution in [1.82, 2.24) is 19.4 Å². The molecule has 0 aromatic carbocycles. The summed E-state index contributed by atoms with van der Waals surface area (Å²) < 4.78 is 7.88. The van der Waals surface area contributed by atoms with E-state index in [0.29, 0.717) is 10.8 Å². The number of imidazole rings is 1. The summed E-state index contributed by atoms with van der Waals surface area (Å²) in [7, 11) is 0. The number of halogens is 1. The van der Waals surface area contributed by atoms with Gasteiger partial charge in [0.1, 0.15) is 5.82 Å². The predicted octanol–water partition coefficient (Wildman–Crippen LogP) is 2.84. The summed E-state index contributed by atoms with van der Waals surface area (Å²) in [4.78, 5) is 17.4. The van der Waals surface area contributed by atoms with Gasteiger partial charge in [0.25, 0.3) is 0 Å². The summed E-state index contributed by atoms with van der Waals surface area (Å²) in [6, 6.07) is 1.86. The molecule has 5 rings (SSSR count). The number of nitrogen functional groups attached to an aromatic ring is 1. The molecule has 2 aliphatic heterocycles. The number of piperidine rings is 1. The fourth-order valence-corrected chi connectivity index (χ4v) is 5.58. The molecule has 8 nitrogen and oxygen atoms in total. The van der Waals surface area contributed by atoms with Crippen molar-refractivity contribution in [3.8, 4) is 0 Å². The van der Waals surface area contributed by atoms with Crippen LogP contribution in [0.15, 0.2) is 40.6 Å².